The zero-order valence-electron chi connectivity index (χ0n) is 7.71. The molecule has 0 aromatic heterocycles. The van der Waals surface area contributed by atoms with Gasteiger partial charge >= 0.3 is 0 Å². The largest absolute Gasteiger partial charge is 0.486 e. The molecule has 1 aliphatic heterocycles. The molecule has 1 unspecified atom stereocenters. The molecule has 1 atom stereocenters. The van der Waals surface area contributed by atoms with Crippen LogP contribution in [0.3, 0.4) is 0 Å². The molecule has 4 heteroatoms. The molecule has 0 saturated carbocycles. The van der Waals surface area contributed by atoms with Crippen molar-refractivity contribution in [2.45, 2.75) is 18.1 Å². The Morgan fingerprint density at radius 2 is 2.46 bits per heavy atom. The van der Waals surface area contributed by atoms with Gasteiger partial charge < -0.3 is 9.64 Å². The number of hydrogen-bond donors (Lipinski definition) is 0. The van der Waals surface area contributed by atoms with Gasteiger partial charge in [0.2, 0.25) is 0 Å². The van der Waals surface area contributed by atoms with Gasteiger partial charge in [0.1, 0.15) is 4.28 Å². The van der Waals surface area contributed by atoms with E-state index in [-0.39, 0.29) is 4.28 Å². The van der Waals surface area contributed by atoms with Crippen molar-refractivity contribution in [3.05, 3.63) is 10.8 Å². The van der Waals surface area contributed by atoms with E-state index in [1.165, 1.54) is 0 Å². The first-order valence-corrected chi connectivity index (χ1v) is 5.84. The Morgan fingerprint density at radius 1 is 1.77 bits per heavy atom. The number of hydrogen-bond acceptors (Lipinski definition) is 3. The minimum absolute atomic E-state index is 0.213. The molecule has 1 aliphatic rings. The minimum atomic E-state index is 0.213. The van der Waals surface area contributed by atoms with E-state index >= 15 is 0 Å². The average Bonchev–Trinajstić information content (AvgIpc) is 2.34. The lowest BCUT2D eigenvalue weighted by Gasteiger charge is -2.19. The molecular formula is C9H12BrNOS. The Bertz CT molecular complexity index is 259. The van der Waals surface area contributed by atoms with E-state index in [4.69, 9.17) is 11.2 Å². The number of thioether (sulfide) groups is 1. The van der Waals surface area contributed by atoms with Gasteiger partial charge in [0.25, 0.3) is 0 Å². The predicted octanol–water partition coefficient (Wildman–Crippen LogP) is 2.57. The first-order chi connectivity index (χ1) is 6.20. The molecular weight excluding hydrogens is 250 g/mol. The van der Waals surface area contributed by atoms with Crippen molar-refractivity contribution >= 4 is 27.7 Å². The summed E-state index contributed by atoms with van der Waals surface area (Å²) in [5, 5.41) is 0.972. The monoisotopic (exact) mass is 261 g/mol. The maximum atomic E-state index is 5.46. The van der Waals surface area contributed by atoms with Crippen LogP contribution in [0.15, 0.2) is 10.8 Å². The fourth-order valence-corrected chi connectivity index (χ4v) is 3.04. The summed E-state index contributed by atoms with van der Waals surface area (Å²) in [5.74, 6) is 2.63. The first kappa shape index (κ1) is 10.8. The predicted molar refractivity (Wildman–Crippen MR) is 60.2 cm³/mol. The van der Waals surface area contributed by atoms with Crippen LogP contribution in [0.4, 0.5) is 0 Å². The number of terminal acetylenes is 1. The smallest absolute Gasteiger partial charge is 0.174 e. The quantitative estimate of drug-likeness (QED) is 0.440. The standard InChI is InChI=1S/C9H12BrNOS/c1-4-6-11-7(3)8(12-5-2)13-9(11)10/h1,9H,5-6H2,2-3H3. The molecule has 0 aliphatic carbocycles. The van der Waals surface area contributed by atoms with E-state index in [0.29, 0.717) is 13.2 Å². The topological polar surface area (TPSA) is 12.5 Å². The number of rotatable bonds is 3. The molecule has 0 fully saturated rings. The van der Waals surface area contributed by atoms with Gasteiger partial charge in [-0.05, 0) is 13.8 Å². The Kier molecular flexibility index (Phi) is 4.01. The normalized spacial score (nSPS) is 22.0. The van der Waals surface area contributed by atoms with Crippen molar-refractivity contribution in [3.63, 3.8) is 0 Å². The van der Waals surface area contributed by atoms with Gasteiger partial charge in [-0.1, -0.05) is 33.6 Å². The maximum absolute atomic E-state index is 5.46. The van der Waals surface area contributed by atoms with Crippen molar-refractivity contribution in [3.8, 4) is 12.3 Å². The Balaban J connectivity index is 2.70. The van der Waals surface area contributed by atoms with Crippen LogP contribution in [0.25, 0.3) is 0 Å². The zero-order chi connectivity index (χ0) is 9.84. The van der Waals surface area contributed by atoms with Crippen molar-refractivity contribution in [2.24, 2.45) is 0 Å². The number of ether oxygens (including phenoxy) is 1. The molecule has 0 aromatic rings. The summed E-state index contributed by atoms with van der Waals surface area (Å²) in [5.41, 5.74) is 1.12. The van der Waals surface area contributed by atoms with E-state index in [2.05, 4.69) is 26.8 Å². The molecule has 1 rings (SSSR count). The van der Waals surface area contributed by atoms with Gasteiger partial charge in [0, 0.05) is 0 Å². The number of nitrogens with zero attached hydrogens (tertiary/aromatic N) is 1. The molecule has 0 bridgehead atoms. The molecule has 0 amide bonds. The van der Waals surface area contributed by atoms with Gasteiger partial charge in [-0.3, -0.25) is 0 Å². The average molecular weight is 262 g/mol. The van der Waals surface area contributed by atoms with Crippen LogP contribution in [0.2, 0.25) is 0 Å². The molecule has 0 N–H and O–H groups in total. The van der Waals surface area contributed by atoms with Crippen molar-refractivity contribution in [1.82, 2.24) is 4.90 Å². The summed E-state index contributed by atoms with van der Waals surface area (Å²) in [6.07, 6.45) is 5.27. The minimum Gasteiger partial charge on any atom is -0.486 e. The third-order valence-corrected chi connectivity index (χ3v) is 3.84. The van der Waals surface area contributed by atoms with E-state index in [1.54, 1.807) is 11.8 Å². The van der Waals surface area contributed by atoms with Crippen LogP contribution < -0.4 is 0 Å². The van der Waals surface area contributed by atoms with Crippen LogP contribution in [0.5, 0.6) is 0 Å². The highest BCUT2D eigenvalue weighted by Gasteiger charge is 2.28. The molecule has 0 saturated heterocycles. The fourth-order valence-electron chi connectivity index (χ4n) is 1.06. The zero-order valence-corrected chi connectivity index (χ0v) is 10.1. The van der Waals surface area contributed by atoms with Crippen molar-refractivity contribution < 1.29 is 4.74 Å². The Morgan fingerprint density at radius 3 is 3.00 bits per heavy atom. The third kappa shape index (κ3) is 2.35. The molecule has 0 spiro atoms. The van der Waals surface area contributed by atoms with Gasteiger partial charge in [0.15, 0.2) is 5.09 Å². The van der Waals surface area contributed by atoms with Gasteiger partial charge in [-0.15, -0.1) is 6.42 Å². The fraction of sp³-hybridized carbons (Fsp3) is 0.556. The second-order valence-corrected chi connectivity index (χ2v) is 5.07. The van der Waals surface area contributed by atoms with E-state index < -0.39 is 0 Å². The van der Waals surface area contributed by atoms with Crippen LogP contribution in [0.1, 0.15) is 13.8 Å². The molecule has 0 radical (unpaired) electrons. The summed E-state index contributed by atoms with van der Waals surface area (Å²) in [7, 11) is 0. The second-order valence-electron chi connectivity index (χ2n) is 2.55. The summed E-state index contributed by atoms with van der Waals surface area (Å²) < 4.78 is 5.68. The van der Waals surface area contributed by atoms with Crippen LogP contribution in [-0.2, 0) is 4.74 Å². The number of halogens is 1. The molecule has 13 heavy (non-hydrogen) atoms. The lowest BCUT2D eigenvalue weighted by molar-refractivity contribution is 0.248. The lowest BCUT2D eigenvalue weighted by atomic mass is 10.4. The van der Waals surface area contributed by atoms with E-state index in [1.807, 2.05) is 13.8 Å². The van der Waals surface area contributed by atoms with Crippen LogP contribution in [0, 0.1) is 12.3 Å². The molecule has 2 nitrogen and oxygen atoms in total. The van der Waals surface area contributed by atoms with Crippen molar-refractivity contribution in [2.75, 3.05) is 13.2 Å². The SMILES string of the molecule is C#CCN1C(C)=C(OCC)SC1Br. The van der Waals surface area contributed by atoms with Crippen LogP contribution >= 0.6 is 27.7 Å². The maximum Gasteiger partial charge on any atom is 0.174 e. The summed E-state index contributed by atoms with van der Waals surface area (Å²) in [6.45, 7) is 5.32. The highest BCUT2D eigenvalue weighted by Crippen LogP contribution is 2.40. The van der Waals surface area contributed by atoms with Gasteiger partial charge in [-0.25, -0.2) is 0 Å². The lowest BCUT2D eigenvalue weighted by Crippen LogP contribution is -2.23. The van der Waals surface area contributed by atoms with E-state index in [0.717, 1.165) is 10.8 Å². The molecule has 72 valence electrons. The number of alkyl halides is 1. The highest BCUT2D eigenvalue weighted by molar-refractivity contribution is 9.11. The summed E-state index contributed by atoms with van der Waals surface area (Å²) in [6, 6.07) is 0. The van der Waals surface area contributed by atoms with Gasteiger partial charge in [0.05, 0.1) is 18.8 Å². The third-order valence-electron chi connectivity index (χ3n) is 1.71. The molecule has 1 heterocycles. The molecule has 0 aromatic carbocycles. The highest BCUT2D eigenvalue weighted by atomic mass is 79.9. The Labute approximate surface area is 91.8 Å². The number of allylic oxidation sites excluding steroid dienone is 1. The van der Waals surface area contributed by atoms with Crippen LogP contribution in [-0.4, -0.2) is 22.3 Å². The van der Waals surface area contributed by atoms with Crippen molar-refractivity contribution in [1.29, 1.82) is 0 Å². The van der Waals surface area contributed by atoms with Gasteiger partial charge in [-0.2, -0.15) is 0 Å². The second kappa shape index (κ2) is 4.83. The summed E-state index contributed by atoms with van der Waals surface area (Å²) >= 11 is 5.18. The summed E-state index contributed by atoms with van der Waals surface area (Å²) in [4.78, 5) is 2.09. The first-order valence-electron chi connectivity index (χ1n) is 4.05. The Hall–Kier alpha value is -0.270. The van der Waals surface area contributed by atoms with E-state index in [9.17, 15) is 0 Å².